The lowest BCUT2D eigenvalue weighted by Gasteiger charge is -2.05. The van der Waals surface area contributed by atoms with Gasteiger partial charge in [0.25, 0.3) is 5.91 Å². The van der Waals surface area contributed by atoms with Crippen molar-refractivity contribution < 1.29 is 13.2 Å². The van der Waals surface area contributed by atoms with Crippen molar-refractivity contribution in [3.05, 3.63) is 35.2 Å². The normalized spacial score (nSPS) is 11.5. The molecular formula is C12H13N3O3S. The summed E-state index contributed by atoms with van der Waals surface area (Å²) in [5.41, 5.74) is 3.05. The van der Waals surface area contributed by atoms with E-state index in [1.54, 1.807) is 6.07 Å². The fourth-order valence-corrected chi connectivity index (χ4v) is 2.05. The highest BCUT2D eigenvalue weighted by Crippen LogP contribution is 2.14. The van der Waals surface area contributed by atoms with E-state index < -0.39 is 15.9 Å². The molecule has 0 saturated heterocycles. The van der Waals surface area contributed by atoms with Gasteiger partial charge in [-0.05, 0) is 32.0 Å². The van der Waals surface area contributed by atoms with E-state index in [0.717, 1.165) is 17.6 Å². The SMILES string of the molecule is Cc1nc2ccc(C(=O)NS(C)(=O)=O)cc2nc1C. The van der Waals surface area contributed by atoms with E-state index in [1.807, 2.05) is 18.6 Å². The van der Waals surface area contributed by atoms with Gasteiger partial charge in [0, 0.05) is 5.56 Å². The van der Waals surface area contributed by atoms with Gasteiger partial charge in [-0.15, -0.1) is 0 Å². The molecule has 2 rings (SSSR count). The second-order valence-corrected chi connectivity index (χ2v) is 6.05. The number of hydrogen-bond acceptors (Lipinski definition) is 5. The maximum atomic E-state index is 11.7. The van der Waals surface area contributed by atoms with Crippen LogP contribution in [0.3, 0.4) is 0 Å². The predicted octanol–water partition coefficient (Wildman–Crippen LogP) is 0.936. The Labute approximate surface area is 110 Å². The van der Waals surface area contributed by atoms with Crippen molar-refractivity contribution in [3.63, 3.8) is 0 Å². The molecule has 0 aliphatic carbocycles. The third-order valence-electron chi connectivity index (χ3n) is 2.62. The van der Waals surface area contributed by atoms with Crippen molar-refractivity contribution in [2.75, 3.05) is 6.26 Å². The topological polar surface area (TPSA) is 89.0 Å². The van der Waals surface area contributed by atoms with Crippen LogP contribution in [0.15, 0.2) is 18.2 Å². The van der Waals surface area contributed by atoms with Crippen molar-refractivity contribution in [2.24, 2.45) is 0 Å². The molecule has 0 saturated carbocycles. The monoisotopic (exact) mass is 279 g/mol. The standard InChI is InChI=1S/C12H13N3O3S/c1-7-8(2)14-11-6-9(4-5-10(11)13-7)12(16)15-19(3,17)18/h4-6H,1-3H3,(H,15,16). The molecule has 0 aliphatic rings. The number of nitrogens with one attached hydrogen (secondary N) is 1. The molecule has 0 unspecified atom stereocenters. The van der Waals surface area contributed by atoms with Crippen LogP contribution >= 0.6 is 0 Å². The molecule has 1 amide bonds. The zero-order chi connectivity index (χ0) is 14.2. The molecule has 2 aromatic rings. The van der Waals surface area contributed by atoms with Crippen LogP contribution in [0.4, 0.5) is 0 Å². The van der Waals surface area contributed by atoms with Crippen molar-refractivity contribution in [1.29, 1.82) is 0 Å². The maximum absolute atomic E-state index is 11.7. The summed E-state index contributed by atoms with van der Waals surface area (Å²) in [6, 6.07) is 4.69. The lowest BCUT2D eigenvalue weighted by molar-refractivity contribution is 0.0982. The lowest BCUT2D eigenvalue weighted by Crippen LogP contribution is -2.29. The Hall–Kier alpha value is -2.02. The zero-order valence-corrected chi connectivity index (χ0v) is 11.6. The number of hydrogen-bond donors (Lipinski definition) is 1. The Kier molecular flexibility index (Phi) is 3.23. The van der Waals surface area contributed by atoms with Gasteiger partial charge in [0.2, 0.25) is 10.0 Å². The summed E-state index contributed by atoms with van der Waals surface area (Å²) in [5.74, 6) is -0.676. The minimum atomic E-state index is -3.58. The Morgan fingerprint density at radius 3 is 2.26 bits per heavy atom. The van der Waals surface area contributed by atoms with E-state index in [-0.39, 0.29) is 5.56 Å². The van der Waals surface area contributed by atoms with E-state index in [2.05, 4.69) is 9.97 Å². The molecule has 0 atom stereocenters. The first-order chi connectivity index (χ1) is 8.76. The molecule has 0 aliphatic heterocycles. The van der Waals surface area contributed by atoms with Crippen molar-refractivity contribution in [1.82, 2.24) is 14.7 Å². The summed E-state index contributed by atoms with van der Waals surface area (Å²) in [4.78, 5) is 20.4. The van der Waals surface area contributed by atoms with E-state index in [1.165, 1.54) is 12.1 Å². The molecule has 1 N–H and O–H groups in total. The largest absolute Gasteiger partial charge is 0.268 e. The molecule has 7 heteroatoms. The summed E-state index contributed by atoms with van der Waals surface area (Å²) in [6.45, 7) is 3.68. The second kappa shape index (κ2) is 4.58. The highest BCUT2D eigenvalue weighted by molar-refractivity contribution is 7.89. The Bertz CT molecular complexity index is 769. The first-order valence-electron chi connectivity index (χ1n) is 5.53. The molecular weight excluding hydrogens is 266 g/mol. The van der Waals surface area contributed by atoms with Crippen LogP contribution in [0.1, 0.15) is 21.7 Å². The van der Waals surface area contributed by atoms with Crippen LogP contribution < -0.4 is 4.72 Å². The fraction of sp³-hybridized carbons (Fsp3) is 0.250. The molecule has 0 spiro atoms. The maximum Gasteiger partial charge on any atom is 0.264 e. The number of aryl methyl sites for hydroxylation is 2. The molecule has 0 bridgehead atoms. The number of amides is 1. The average Bonchev–Trinajstić information content (AvgIpc) is 2.27. The van der Waals surface area contributed by atoms with Gasteiger partial charge in [-0.25, -0.2) is 23.1 Å². The highest BCUT2D eigenvalue weighted by Gasteiger charge is 2.12. The Morgan fingerprint density at radius 2 is 1.68 bits per heavy atom. The summed E-state index contributed by atoms with van der Waals surface area (Å²) in [5, 5.41) is 0. The smallest absolute Gasteiger partial charge is 0.264 e. The molecule has 0 fully saturated rings. The quantitative estimate of drug-likeness (QED) is 0.883. The molecule has 19 heavy (non-hydrogen) atoms. The predicted molar refractivity (Wildman–Crippen MR) is 71.3 cm³/mol. The van der Waals surface area contributed by atoms with Crippen LogP contribution in [0.5, 0.6) is 0 Å². The first kappa shape index (κ1) is 13.4. The number of carbonyl (C=O) groups is 1. The number of sulfonamides is 1. The first-order valence-corrected chi connectivity index (χ1v) is 7.42. The number of fused-ring (bicyclic) bond motifs is 1. The lowest BCUT2D eigenvalue weighted by atomic mass is 10.2. The van der Waals surface area contributed by atoms with Gasteiger partial charge in [-0.2, -0.15) is 0 Å². The van der Waals surface area contributed by atoms with Gasteiger partial charge in [0.05, 0.1) is 28.7 Å². The van der Waals surface area contributed by atoms with Crippen LogP contribution in [0.25, 0.3) is 11.0 Å². The van der Waals surface area contributed by atoms with E-state index >= 15 is 0 Å². The van der Waals surface area contributed by atoms with Gasteiger partial charge in [-0.1, -0.05) is 0 Å². The minimum absolute atomic E-state index is 0.232. The van der Waals surface area contributed by atoms with Crippen molar-refractivity contribution in [2.45, 2.75) is 13.8 Å². The summed E-state index contributed by atoms with van der Waals surface area (Å²) < 4.78 is 23.9. The van der Waals surface area contributed by atoms with Crippen LogP contribution in [0, 0.1) is 13.8 Å². The molecule has 1 aromatic carbocycles. The number of rotatable bonds is 2. The van der Waals surface area contributed by atoms with Crippen LogP contribution in [-0.4, -0.2) is 30.5 Å². The number of aromatic nitrogens is 2. The number of carbonyl (C=O) groups excluding carboxylic acids is 1. The average molecular weight is 279 g/mol. The van der Waals surface area contributed by atoms with Gasteiger partial charge < -0.3 is 0 Å². The summed E-state index contributed by atoms with van der Waals surface area (Å²) in [6.07, 6.45) is 0.930. The van der Waals surface area contributed by atoms with Crippen LogP contribution in [-0.2, 0) is 10.0 Å². The van der Waals surface area contributed by atoms with E-state index in [9.17, 15) is 13.2 Å². The van der Waals surface area contributed by atoms with Gasteiger partial charge in [0.1, 0.15) is 0 Å². The number of nitrogens with zero attached hydrogens (tertiary/aromatic N) is 2. The van der Waals surface area contributed by atoms with Crippen molar-refractivity contribution >= 4 is 27.0 Å². The Morgan fingerprint density at radius 1 is 1.11 bits per heavy atom. The minimum Gasteiger partial charge on any atom is -0.268 e. The van der Waals surface area contributed by atoms with Crippen LogP contribution in [0.2, 0.25) is 0 Å². The van der Waals surface area contributed by atoms with Gasteiger partial charge >= 0.3 is 0 Å². The second-order valence-electron chi connectivity index (χ2n) is 4.30. The zero-order valence-electron chi connectivity index (χ0n) is 10.8. The molecule has 6 nitrogen and oxygen atoms in total. The number of benzene rings is 1. The van der Waals surface area contributed by atoms with Gasteiger partial charge in [-0.3, -0.25) is 4.79 Å². The van der Waals surface area contributed by atoms with E-state index in [4.69, 9.17) is 0 Å². The third-order valence-corrected chi connectivity index (χ3v) is 3.17. The fourth-order valence-electron chi connectivity index (χ4n) is 1.60. The molecule has 100 valence electrons. The third kappa shape index (κ3) is 3.05. The van der Waals surface area contributed by atoms with Gasteiger partial charge in [0.15, 0.2) is 0 Å². The molecule has 1 aromatic heterocycles. The summed E-state index contributed by atoms with van der Waals surface area (Å²) in [7, 11) is -3.58. The Balaban J connectivity index is 2.47. The molecule has 1 heterocycles. The van der Waals surface area contributed by atoms with Crippen molar-refractivity contribution in [3.8, 4) is 0 Å². The summed E-state index contributed by atoms with van der Waals surface area (Å²) >= 11 is 0. The van der Waals surface area contributed by atoms with E-state index in [0.29, 0.717) is 11.0 Å². The molecule has 0 radical (unpaired) electrons. The highest BCUT2D eigenvalue weighted by atomic mass is 32.2.